The Morgan fingerprint density at radius 1 is 1.24 bits per heavy atom. The Morgan fingerprint density at radius 3 is 2.71 bits per heavy atom. The molecule has 0 fully saturated rings. The van der Waals surface area contributed by atoms with Gasteiger partial charge in [-0.3, -0.25) is 0 Å². The smallest absolute Gasteiger partial charge is 0.141 e. The van der Waals surface area contributed by atoms with E-state index < -0.39 is 0 Å². The summed E-state index contributed by atoms with van der Waals surface area (Å²) < 4.78 is 7.40. The standard InChI is InChI=1S/C16H16ClN3O/c1-3-20-15-5-4-13(21-2)9-14(15)19-16(20)10-6-11(17)8-12(18)7-10/h4-9H,3,18H2,1-2H3. The van der Waals surface area contributed by atoms with Crippen LogP contribution in [-0.2, 0) is 6.54 Å². The lowest BCUT2D eigenvalue weighted by Gasteiger charge is -2.07. The molecule has 0 bridgehead atoms. The van der Waals surface area contributed by atoms with E-state index in [1.165, 1.54) is 0 Å². The summed E-state index contributed by atoms with van der Waals surface area (Å²) in [7, 11) is 1.65. The molecule has 0 aliphatic heterocycles. The molecule has 21 heavy (non-hydrogen) atoms. The fourth-order valence-corrected chi connectivity index (χ4v) is 2.76. The molecule has 108 valence electrons. The molecule has 5 heteroatoms. The molecule has 0 atom stereocenters. The Bertz CT molecular complexity index is 790. The number of hydrogen-bond donors (Lipinski definition) is 1. The zero-order valence-corrected chi connectivity index (χ0v) is 12.7. The van der Waals surface area contributed by atoms with Gasteiger partial charge in [-0.25, -0.2) is 4.98 Å². The molecule has 0 saturated heterocycles. The van der Waals surface area contributed by atoms with Crippen molar-refractivity contribution in [3.05, 3.63) is 41.4 Å². The van der Waals surface area contributed by atoms with E-state index in [1.807, 2.05) is 30.3 Å². The molecule has 0 amide bonds. The van der Waals surface area contributed by atoms with Crippen LogP contribution in [0.3, 0.4) is 0 Å². The molecule has 1 aromatic heterocycles. The van der Waals surface area contributed by atoms with Gasteiger partial charge in [0.05, 0.1) is 18.1 Å². The Balaban J connectivity index is 2.26. The van der Waals surface area contributed by atoms with Crippen molar-refractivity contribution in [2.45, 2.75) is 13.5 Å². The molecular weight excluding hydrogens is 286 g/mol. The van der Waals surface area contributed by atoms with Gasteiger partial charge < -0.3 is 15.0 Å². The van der Waals surface area contributed by atoms with E-state index in [-0.39, 0.29) is 0 Å². The van der Waals surface area contributed by atoms with E-state index in [0.717, 1.165) is 34.7 Å². The van der Waals surface area contributed by atoms with Crippen molar-refractivity contribution in [3.63, 3.8) is 0 Å². The van der Waals surface area contributed by atoms with Crippen LogP contribution in [0.1, 0.15) is 6.92 Å². The number of ether oxygens (including phenoxy) is 1. The molecule has 0 saturated carbocycles. The zero-order chi connectivity index (χ0) is 15.0. The molecular formula is C16H16ClN3O. The number of benzene rings is 2. The second-order valence-corrected chi connectivity index (χ2v) is 5.24. The summed E-state index contributed by atoms with van der Waals surface area (Å²) in [5.74, 6) is 1.65. The quantitative estimate of drug-likeness (QED) is 0.745. The summed E-state index contributed by atoms with van der Waals surface area (Å²) >= 11 is 6.10. The van der Waals surface area contributed by atoms with Gasteiger partial charge in [0.15, 0.2) is 0 Å². The third-order valence-electron chi connectivity index (χ3n) is 3.45. The minimum atomic E-state index is 0.609. The van der Waals surface area contributed by atoms with Crippen molar-refractivity contribution < 1.29 is 4.74 Å². The topological polar surface area (TPSA) is 53.1 Å². The summed E-state index contributed by atoms with van der Waals surface area (Å²) in [4.78, 5) is 4.71. The van der Waals surface area contributed by atoms with Crippen molar-refractivity contribution in [2.75, 3.05) is 12.8 Å². The van der Waals surface area contributed by atoms with E-state index >= 15 is 0 Å². The van der Waals surface area contributed by atoms with Crippen molar-refractivity contribution in [1.29, 1.82) is 0 Å². The fraction of sp³-hybridized carbons (Fsp3) is 0.188. The summed E-state index contributed by atoms with van der Waals surface area (Å²) in [6.45, 7) is 2.90. The summed E-state index contributed by atoms with van der Waals surface area (Å²) in [6.07, 6.45) is 0. The molecule has 2 N–H and O–H groups in total. The molecule has 2 aromatic carbocycles. The third-order valence-corrected chi connectivity index (χ3v) is 3.67. The van der Waals surface area contributed by atoms with Crippen molar-refractivity contribution in [3.8, 4) is 17.1 Å². The van der Waals surface area contributed by atoms with Gasteiger partial charge in [0.25, 0.3) is 0 Å². The lowest BCUT2D eigenvalue weighted by Crippen LogP contribution is -1.98. The van der Waals surface area contributed by atoms with E-state index in [1.54, 1.807) is 13.2 Å². The third kappa shape index (κ3) is 2.43. The number of nitrogens with two attached hydrogens (primary N) is 1. The number of anilines is 1. The number of nitrogens with zero attached hydrogens (tertiary/aromatic N) is 2. The van der Waals surface area contributed by atoms with Gasteiger partial charge in [-0.15, -0.1) is 0 Å². The van der Waals surface area contributed by atoms with Gasteiger partial charge >= 0.3 is 0 Å². The lowest BCUT2D eigenvalue weighted by molar-refractivity contribution is 0.415. The molecule has 0 aliphatic carbocycles. The van der Waals surface area contributed by atoms with E-state index in [4.69, 9.17) is 27.1 Å². The van der Waals surface area contributed by atoms with Crippen LogP contribution in [0.25, 0.3) is 22.4 Å². The van der Waals surface area contributed by atoms with Gasteiger partial charge in [-0.05, 0) is 37.3 Å². The summed E-state index contributed by atoms with van der Waals surface area (Å²) in [5.41, 5.74) is 9.39. The maximum atomic E-state index is 6.10. The molecule has 0 aliphatic rings. The first-order chi connectivity index (χ1) is 10.1. The number of hydrogen-bond acceptors (Lipinski definition) is 3. The molecule has 3 rings (SSSR count). The Morgan fingerprint density at radius 2 is 2.05 bits per heavy atom. The maximum absolute atomic E-state index is 6.10. The van der Waals surface area contributed by atoms with Crippen LogP contribution in [-0.4, -0.2) is 16.7 Å². The number of fused-ring (bicyclic) bond motifs is 1. The molecule has 1 heterocycles. The Kier molecular flexibility index (Phi) is 3.47. The first-order valence-electron chi connectivity index (χ1n) is 6.73. The van der Waals surface area contributed by atoms with Gasteiger partial charge in [-0.1, -0.05) is 11.6 Å². The molecule has 0 unspecified atom stereocenters. The van der Waals surface area contributed by atoms with Crippen molar-refractivity contribution in [1.82, 2.24) is 9.55 Å². The first-order valence-corrected chi connectivity index (χ1v) is 7.11. The van der Waals surface area contributed by atoms with Crippen molar-refractivity contribution in [2.24, 2.45) is 0 Å². The van der Waals surface area contributed by atoms with Crippen LogP contribution in [0.15, 0.2) is 36.4 Å². The number of methoxy groups -OCH3 is 1. The lowest BCUT2D eigenvalue weighted by atomic mass is 10.2. The van der Waals surface area contributed by atoms with E-state index in [9.17, 15) is 0 Å². The number of aryl methyl sites for hydroxylation is 1. The van der Waals surface area contributed by atoms with E-state index in [0.29, 0.717) is 10.7 Å². The predicted molar refractivity (Wildman–Crippen MR) is 86.8 cm³/mol. The second-order valence-electron chi connectivity index (χ2n) is 4.81. The molecule has 0 spiro atoms. The van der Waals surface area contributed by atoms with Crippen LogP contribution in [0.4, 0.5) is 5.69 Å². The zero-order valence-electron chi connectivity index (χ0n) is 11.9. The Hall–Kier alpha value is -2.20. The average Bonchev–Trinajstić information content (AvgIpc) is 2.83. The monoisotopic (exact) mass is 301 g/mol. The first kappa shape index (κ1) is 13.8. The number of rotatable bonds is 3. The summed E-state index contributed by atoms with van der Waals surface area (Å²) in [5, 5.41) is 0.609. The minimum absolute atomic E-state index is 0.609. The van der Waals surface area contributed by atoms with Crippen LogP contribution >= 0.6 is 11.6 Å². The SMILES string of the molecule is CCn1c(-c2cc(N)cc(Cl)c2)nc2cc(OC)ccc21. The maximum Gasteiger partial charge on any atom is 0.141 e. The number of aromatic nitrogens is 2. The predicted octanol–water partition coefficient (Wildman–Crippen LogP) is 3.97. The number of imidazole rings is 1. The van der Waals surface area contributed by atoms with Gasteiger partial charge in [0.1, 0.15) is 11.6 Å². The molecule has 3 aromatic rings. The van der Waals surface area contributed by atoms with Crippen LogP contribution in [0.2, 0.25) is 5.02 Å². The van der Waals surface area contributed by atoms with Crippen molar-refractivity contribution >= 4 is 28.3 Å². The van der Waals surface area contributed by atoms with Gasteiger partial charge in [0, 0.05) is 28.9 Å². The number of nitrogen functional groups attached to an aromatic ring is 1. The highest BCUT2D eigenvalue weighted by atomic mass is 35.5. The highest BCUT2D eigenvalue weighted by Crippen LogP contribution is 2.30. The Labute approximate surface area is 128 Å². The van der Waals surface area contributed by atoms with Crippen LogP contribution in [0.5, 0.6) is 5.75 Å². The second kappa shape index (κ2) is 5.30. The highest BCUT2D eigenvalue weighted by molar-refractivity contribution is 6.31. The van der Waals surface area contributed by atoms with Crippen LogP contribution in [0, 0.1) is 0 Å². The average molecular weight is 302 g/mol. The van der Waals surface area contributed by atoms with Gasteiger partial charge in [0.2, 0.25) is 0 Å². The summed E-state index contributed by atoms with van der Waals surface area (Å²) in [6, 6.07) is 11.4. The highest BCUT2D eigenvalue weighted by Gasteiger charge is 2.13. The van der Waals surface area contributed by atoms with Crippen LogP contribution < -0.4 is 10.5 Å². The number of halogens is 1. The normalized spacial score (nSPS) is 11.0. The van der Waals surface area contributed by atoms with Gasteiger partial charge in [-0.2, -0.15) is 0 Å². The molecule has 0 radical (unpaired) electrons. The largest absolute Gasteiger partial charge is 0.497 e. The molecule has 4 nitrogen and oxygen atoms in total. The fourth-order valence-electron chi connectivity index (χ4n) is 2.52. The van der Waals surface area contributed by atoms with E-state index in [2.05, 4.69) is 11.5 Å². The minimum Gasteiger partial charge on any atom is -0.497 e.